The van der Waals surface area contributed by atoms with Crippen molar-refractivity contribution in [3.05, 3.63) is 187 Å². The van der Waals surface area contributed by atoms with Crippen molar-refractivity contribution in [1.29, 1.82) is 0 Å². The Morgan fingerprint density at radius 2 is 0.938 bits per heavy atom. The molecular formula is C46H31NO. The lowest BCUT2D eigenvalue weighted by Crippen LogP contribution is -2.10. The molecule has 0 saturated carbocycles. The Balaban J connectivity index is 1.57. The van der Waals surface area contributed by atoms with Gasteiger partial charge in [-0.25, -0.2) is 0 Å². The lowest BCUT2D eigenvalue weighted by Gasteiger charge is -2.27. The quantitative estimate of drug-likeness (QED) is 0.179. The SMILES string of the molecule is [2H]c1c([2H])c([2H])c(-c2c([2H])c([2H])c(-c3c([2H])c([2H])c([2H])c(N(c4c([2H])c([2H])c([2H])c([2H])c4[2H])c4c([2H])c5c(oc6c([2H])c([2H])c([2H])c(-c7c([2H])c([2H])c([2H])c([2H])c7[2H])c65)c5c([2H])c([2H])c([2H])c([2H])c45)c3[2H])c([2H])c2[2H])c([2H])c1[2H]. The van der Waals surface area contributed by atoms with Gasteiger partial charge in [0.15, 0.2) is 0 Å². The number of anilines is 3. The molecule has 1 heterocycles. The maximum atomic E-state index is 10.2. The van der Waals surface area contributed by atoms with Gasteiger partial charge in [0, 0.05) is 32.9 Å². The molecule has 48 heavy (non-hydrogen) atoms. The molecule has 0 N–H and O–H groups in total. The van der Waals surface area contributed by atoms with E-state index in [9.17, 15) is 13.7 Å². The highest BCUT2D eigenvalue weighted by Gasteiger charge is 2.21. The van der Waals surface area contributed by atoms with Crippen LogP contribution in [0.25, 0.3) is 66.1 Å². The maximum Gasteiger partial charge on any atom is 0.143 e. The van der Waals surface area contributed by atoms with Gasteiger partial charge in [-0.3, -0.25) is 0 Å². The van der Waals surface area contributed by atoms with Gasteiger partial charge in [0.1, 0.15) is 11.2 Å². The van der Waals surface area contributed by atoms with Gasteiger partial charge in [-0.15, -0.1) is 0 Å². The Morgan fingerprint density at radius 3 is 1.67 bits per heavy atom. The van der Waals surface area contributed by atoms with Crippen molar-refractivity contribution in [1.82, 2.24) is 0 Å². The van der Waals surface area contributed by atoms with Gasteiger partial charge in [-0.2, -0.15) is 0 Å². The predicted octanol–water partition coefficient (Wildman–Crippen LogP) is 13.2. The summed E-state index contributed by atoms with van der Waals surface area (Å²) in [5.41, 5.74) is -10.2. The van der Waals surface area contributed by atoms with Gasteiger partial charge in [0.25, 0.3) is 0 Å². The van der Waals surface area contributed by atoms with Crippen LogP contribution in [0.4, 0.5) is 17.1 Å². The van der Waals surface area contributed by atoms with E-state index in [1.54, 1.807) is 0 Å². The molecule has 9 rings (SSSR count). The maximum absolute atomic E-state index is 10.2. The first-order valence-electron chi connectivity index (χ1n) is 29.3. The highest BCUT2D eigenvalue weighted by atomic mass is 16.3. The summed E-state index contributed by atoms with van der Waals surface area (Å²) in [7, 11) is 0. The van der Waals surface area contributed by atoms with Crippen molar-refractivity contribution in [2.75, 3.05) is 4.90 Å². The number of furan rings is 1. The molecule has 0 saturated heterocycles. The molecular weight excluding hydrogens is 583 g/mol. The highest BCUT2D eigenvalue weighted by molar-refractivity contribution is 6.22. The van der Waals surface area contributed by atoms with Crippen molar-refractivity contribution < 1.29 is 46.9 Å². The fourth-order valence-electron chi connectivity index (χ4n) is 5.04. The third-order valence-corrected chi connectivity index (χ3v) is 7.06. The third-order valence-electron chi connectivity index (χ3n) is 7.06. The number of rotatable bonds is 6. The minimum absolute atomic E-state index is 0.374. The van der Waals surface area contributed by atoms with E-state index in [0.717, 1.165) is 0 Å². The summed E-state index contributed by atoms with van der Waals surface area (Å²) in [6.07, 6.45) is 0. The Morgan fingerprint density at radius 1 is 0.396 bits per heavy atom. The van der Waals surface area contributed by atoms with E-state index in [2.05, 4.69) is 0 Å². The second-order valence-corrected chi connectivity index (χ2v) is 9.77. The van der Waals surface area contributed by atoms with Crippen molar-refractivity contribution in [3.63, 3.8) is 0 Å². The molecule has 1 aromatic heterocycles. The van der Waals surface area contributed by atoms with Gasteiger partial charge in [0.05, 0.1) is 48.2 Å². The van der Waals surface area contributed by atoms with Crippen molar-refractivity contribution in [2.24, 2.45) is 0 Å². The Labute approximate surface area is 323 Å². The largest absolute Gasteiger partial charge is 0.455 e. The molecule has 0 atom stereocenters. The molecule has 2 nitrogen and oxygen atoms in total. The zero-order valence-electron chi connectivity index (χ0n) is 54.9. The van der Waals surface area contributed by atoms with E-state index in [1.807, 2.05) is 0 Å². The van der Waals surface area contributed by atoms with E-state index in [0.29, 0.717) is 4.90 Å². The van der Waals surface area contributed by atoms with Crippen molar-refractivity contribution in [2.45, 2.75) is 0 Å². The summed E-state index contributed by atoms with van der Waals surface area (Å²) in [6.45, 7) is 0. The first-order chi connectivity index (χ1) is 36.7. The van der Waals surface area contributed by atoms with Crippen LogP contribution in [-0.2, 0) is 0 Å². The van der Waals surface area contributed by atoms with Gasteiger partial charge in [-0.05, 0) is 69.6 Å². The molecule has 0 unspecified atom stereocenters. The van der Waals surface area contributed by atoms with Crippen LogP contribution in [-0.4, -0.2) is 0 Å². The van der Waals surface area contributed by atoms with Crippen molar-refractivity contribution >= 4 is 49.8 Å². The summed E-state index contributed by atoms with van der Waals surface area (Å²) in [5.74, 6) is 0. The number of benzene rings is 8. The molecule has 8 aromatic carbocycles. The molecule has 9 aromatic rings. The van der Waals surface area contributed by atoms with Crippen LogP contribution < -0.4 is 4.90 Å². The molecule has 226 valence electrons. The molecule has 0 aliphatic carbocycles. The van der Waals surface area contributed by atoms with E-state index in [1.165, 1.54) is 0 Å². The van der Waals surface area contributed by atoms with E-state index >= 15 is 0 Å². The third kappa shape index (κ3) is 4.83. The standard InChI is InChI=1S/C46H31NO/c1-4-14-32(15-5-1)33-26-28-34(29-27-33)36-18-12-21-38(30-36)47(37-19-8-3-9-20-37)43-31-42-45-39(35-16-6-2-7-17-35)24-13-25-44(45)48-46(42)41-23-11-10-22-40(41)43/h1-31H/i1D,2D,3D,4D,5D,6D,7D,8D,9D,10D,11D,12D,13D,14D,15D,16D,17D,18D,19D,20D,21D,22D,23D,24D,25D,26D,27D,28D,29D,30D,31D. The highest BCUT2D eigenvalue weighted by Crippen LogP contribution is 2.46. The van der Waals surface area contributed by atoms with Gasteiger partial charge >= 0.3 is 0 Å². The van der Waals surface area contributed by atoms with Crippen LogP contribution in [0.2, 0.25) is 0 Å². The molecule has 0 radical (unpaired) electrons. The van der Waals surface area contributed by atoms with Crippen LogP contribution in [0.15, 0.2) is 192 Å². The second kappa shape index (κ2) is 11.8. The molecule has 0 spiro atoms. The van der Waals surface area contributed by atoms with Crippen LogP contribution >= 0.6 is 0 Å². The Kier molecular flexibility index (Phi) is 2.59. The topological polar surface area (TPSA) is 16.4 Å². The minimum Gasteiger partial charge on any atom is -0.455 e. The lowest BCUT2D eigenvalue weighted by atomic mass is 9.96. The average Bonchev–Trinajstić information content (AvgIpc) is 4.00. The van der Waals surface area contributed by atoms with Gasteiger partial charge < -0.3 is 9.32 Å². The van der Waals surface area contributed by atoms with Crippen LogP contribution in [0, 0.1) is 0 Å². The van der Waals surface area contributed by atoms with Gasteiger partial charge in [-0.1, -0.05) is 151 Å². The van der Waals surface area contributed by atoms with Gasteiger partial charge in [0.2, 0.25) is 0 Å². The molecule has 0 bridgehead atoms. The van der Waals surface area contributed by atoms with Crippen molar-refractivity contribution in [3.8, 4) is 33.4 Å². The summed E-state index contributed by atoms with van der Waals surface area (Å²) in [6, 6.07) is -32.9. The molecule has 0 amide bonds. The smallest absolute Gasteiger partial charge is 0.143 e. The number of nitrogens with zero attached hydrogens (tertiary/aromatic N) is 1. The van der Waals surface area contributed by atoms with E-state index < -0.39 is 270 Å². The summed E-state index contributed by atoms with van der Waals surface area (Å²) in [5, 5.41) is -3.08. The monoisotopic (exact) mass is 644 g/mol. The normalized spacial score (nSPS) is 20.4. The summed E-state index contributed by atoms with van der Waals surface area (Å²) >= 11 is 0. The van der Waals surface area contributed by atoms with Crippen LogP contribution in [0.5, 0.6) is 0 Å². The molecule has 0 aliphatic rings. The second-order valence-electron chi connectivity index (χ2n) is 9.77. The fraction of sp³-hybridized carbons (Fsp3) is 0. The summed E-state index contributed by atoms with van der Waals surface area (Å²) < 4.78 is 283. The minimum atomic E-state index is -1.31. The number of para-hydroxylation sites is 1. The molecule has 2 heteroatoms. The number of hydrogen-bond acceptors (Lipinski definition) is 2. The Bertz CT molecular complexity index is 4220. The number of hydrogen-bond donors (Lipinski definition) is 0. The average molecular weight is 645 g/mol. The Hall–Kier alpha value is -6.38. The first kappa shape index (κ1) is 10.6. The zero-order valence-corrected chi connectivity index (χ0v) is 23.9. The predicted molar refractivity (Wildman–Crippen MR) is 202 cm³/mol. The molecule has 0 fully saturated rings. The van der Waals surface area contributed by atoms with E-state index in [4.69, 9.17) is 33.2 Å². The summed E-state index contributed by atoms with van der Waals surface area (Å²) in [4.78, 5) is 0.374. The fourth-order valence-corrected chi connectivity index (χ4v) is 5.04. The zero-order chi connectivity index (χ0) is 58.8. The lowest BCUT2D eigenvalue weighted by molar-refractivity contribution is 0.673. The van der Waals surface area contributed by atoms with Crippen LogP contribution in [0.3, 0.4) is 0 Å². The first-order valence-corrected chi connectivity index (χ1v) is 13.8. The molecule has 0 aliphatic heterocycles. The van der Waals surface area contributed by atoms with E-state index in [-0.39, 0.29) is 0 Å². The number of fused-ring (bicyclic) bond motifs is 5. The van der Waals surface area contributed by atoms with Crippen LogP contribution in [0.1, 0.15) is 42.5 Å².